The first-order valence-corrected chi connectivity index (χ1v) is 9.40. The molecule has 3 N–H and O–H groups in total. The topological polar surface area (TPSA) is 36.1 Å². The van der Waals surface area contributed by atoms with E-state index in [-0.39, 0.29) is 6.17 Å². The fourth-order valence-corrected chi connectivity index (χ4v) is 3.15. The van der Waals surface area contributed by atoms with E-state index in [1.54, 1.807) is 0 Å². The second kappa shape index (κ2) is 9.25. The van der Waals surface area contributed by atoms with Gasteiger partial charge in [-0.3, -0.25) is 5.32 Å². The number of nitrogens with one attached hydrogen (secondary N) is 3. The summed E-state index contributed by atoms with van der Waals surface area (Å²) >= 11 is 12.0. The van der Waals surface area contributed by atoms with Crippen LogP contribution in [0.25, 0.3) is 6.08 Å². The van der Waals surface area contributed by atoms with E-state index in [4.69, 9.17) is 23.2 Å². The second-order valence-corrected chi connectivity index (χ2v) is 6.94. The van der Waals surface area contributed by atoms with E-state index in [9.17, 15) is 0 Å². The predicted molar refractivity (Wildman–Crippen MR) is 109 cm³/mol. The molecule has 0 aromatic heterocycles. The summed E-state index contributed by atoms with van der Waals surface area (Å²) in [6.07, 6.45) is 6.56. The molecule has 25 heavy (non-hydrogen) atoms. The van der Waals surface area contributed by atoms with Crippen molar-refractivity contribution < 1.29 is 0 Å². The Balaban J connectivity index is 1.28. The molecule has 0 radical (unpaired) electrons. The van der Waals surface area contributed by atoms with Crippen molar-refractivity contribution in [3.05, 3.63) is 69.7 Å². The maximum atomic E-state index is 6.03. The molecule has 1 aliphatic heterocycles. The van der Waals surface area contributed by atoms with Gasteiger partial charge in [-0.2, -0.15) is 0 Å². The van der Waals surface area contributed by atoms with Crippen LogP contribution in [0.5, 0.6) is 0 Å². The van der Waals surface area contributed by atoms with Crippen LogP contribution in [0.4, 0.5) is 5.69 Å². The van der Waals surface area contributed by atoms with Crippen molar-refractivity contribution in [2.45, 2.75) is 19.0 Å². The van der Waals surface area contributed by atoms with Gasteiger partial charge in [0.25, 0.3) is 0 Å². The van der Waals surface area contributed by atoms with Gasteiger partial charge in [0.15, 0.2) is 0 Å². The van der Waals surface area contributed by atoms with Crippen molar-refractivity contribution in [3.63, 3.8) is 0 Å². The van der Waals surface area contributed by atoms with Crippen molar-refractivity contribution in [1.29, 1.82) is 0 Å². The summed E-state index contributed by atoms with van der Waals surface area (Å²) in [7, 11) is 0. The normalized spacial score (nSPS) is 15.7. The smallest absolute Gasteiger partial charge is 0.0964 e. The van der Waals surface area contributed by atoms with Crippen LogP contribution >= 0.6 is 23.2 Å². The molecule has 0 spiro atoms. The minimum absolute atomic E-state index is 0.200. The largest absolute Gasteiger partial charge is 0.366 e. The average Bonchev–Trinajstić information content (AvgIpc) is 2.63. The number of anilines is 1. The van der Waals surface area contributed by atoms with Gasteiger partial charge in [-0.1, -0.05) is 53.5 Å². The van der Waals surface area contributed by atoms with Crippen LogP contribution in [0.15, 0.2) is 48.5 Å². The Morgan fingerprint density at radius 2 is 1.84 bits per heavy atom. The van der Waals surface area contributed by atoms with Crippen molar-refractivity contribution in [2.24, 2.45) is 0 Å². The number of para-hydroxylation sites is 1. The number of halogens is 2. The van der Waals surface area contributed by atoms with Gasteiger partial charge in [0.05, 0.1) is 16.2 Å². The standard InChI is InChI=1S/C20H23Cl2N3/c21-17-8-6-15(14-18(17)22)10-13-23-11-3-12-24-20-9-7-16-4-1-2-5-19(16)25-20/h1-2,4-9,14,20,23-25H,3,10-13H2. The zero-order valence-electron chi connectivity index (χ0n) is 14.1. The number of hydrogen-bond acceptors (Lipinski definition) is 3. The van der Waals surface area contributed by atoms with Gasteiger partial charge in [0.2, 0.25) is 0 Å². The molecule has 0 aliphatic carbocycles. The van der Waals surface area contributed by atoms with E-state index in [0.29, 0.717) is 10.0 Å². The molecule has 0 amide bonds. The SMILES string of the molecule is Clc1ccc(CCNCCCNC2C=Cc3ccccc3N2)cc1Cl. The first-order chi connectivity index (χ1) is 12.2. The minimum Gasteiger partial charge on any atom is -0.366 e. The summed E-state index contributed by atoms with van der Waals surface area (Å²) in [5.41, 5.74) is 3.63. The lowest BCUT2D eigenvalue weighted by Crippen LogP contribution is -2.37. The maximum absolute atomic E-state index is 6.03. The Morgan fingerprint density at radius 1 is 0.960 bits per heavy atom. The number of fused-ring (bicyclic) bond motifs is 1. The van der Waals surface area contributed by atoms with Crippen molar-refractivity contribution >= 4 is 35.0 Å². The molecule has 5 heteroatoms. The zero-order chi connectivity index (χ0) is 17.5. The van der Waals surface area contributed by atoms with E-state index in [1.165, 1.54) is 16.8 Å². The highest BCUT2D eigenvalue weighted by Crippen LogP contribution is 2.23. The lowest BCUT2D eigenvalue weighted by Gasteiger charge is -2.23. The third kappa shape index (κ3) is 5.48. The highest BCUT2D eigenvalue weighted by Gasteiger charge is 2.10. The lowest BCUT2D eigenvalue weighted by molar-refractivity contribution is 0.577. The first-order valence-electron chi connectivity index (χ1n) is 8.64. The fourth-order valence-electron chi connectivity index (χ4n) is 2.83. The van der Waals surface area contributed by atoms with E-state index < -0.39 is 0 Å². The number of rotatable bonds is 8. The van der Waals surface area contributed by atoms with Crippen LogP contribution < -0.4 is 16.0 Å². The Morgan fingerprint density at radius 3 is 2.72 bits per heavy atom. The molecule has 0 saturated carbocycles. The van der Waals surface area contributed by atoms with Crippen LogP contribution in [-0.4, -0.2) is 25.8 Å². The second-order valence-electron chi connectivity index (χ2n) is 6.12. The van der Waals surface area contributed by atoms with Crippen LogP contribution in [0, 0.1) is 0 Å². The molecule has 0 bridgehead atoms. The molecule has 1 aliphatic rings. The van der Waals surface area contributed by atoms with Crippen LogP contribution in [-0.2, 0) is 6.42 Å². The molecule has 1 atom stereocenters. The van der Waals surface area contributed by atoms with Crippen LogP contribution in [0.3, 0.4) is 0 Å². The monoisotopic (exact) mass is 375 g/mol. The maximum Gasteiger partial charge on any atom is 0.0964 e. The van der Waals surface area contributed by atoms with Crippen molar-refractivity contribution in [2.75, 3.05) is 25.0 Å². The van der Waals surface area contributed by atoms with Gasteiger partial charge >= 0.3 is 0 Å². The molecule has 3 nitrogen and oxygen atoms in total. The lowest BCUT2D eigenvalue weighted by atomic mass is 10.1. The molecular weight excluding hydrogens is 353 g/mol. The summed E-state index contributed by atoms with van der Waals surface area (Å²) in [6.45, 7) is 2.89. The van der Waals surface area contributed by atoms with Crippen molar-refractivity contribution in [3.8, 4) is 0 Å². The Hall–Kier alpha value is -1.52. The van der Waals surface area contributed by atoms with Crippen LogP contribution in [0.2, 0.25) is 10.0 Å². The summed E-state index contributed by atoms with van der Waals surface area (Å²) in [6, 6.07) is 14.2. The minimum atomic E-state index is 0.200. The number of benzene rings is 2. The predicted octanol–water partition coefficient (Wildman–Crippen LogP) is 4.57. The Kier molecular flexibility index (Phi) is 6.76. The van der Waals surface area contributed by atoms with Crippen LogP contribution in [0.1, 0.15) is 17.5 Å². The molecule has 132 valence electrons. The summed E-state index contributed by atoms with van der Waals surface area (Å²) in [4.78, 5) is 0. The molecule has 0 fully saturated rings. The summed E-state index contributed by atoms with van der Waals surface area (Å²) in [5, 5.41) is 11.7. The Bertz CT molecular complexity index is 731. The van der Waals surface area contributed by atoms with Gasteiger partial charge in [-0.05, 0) is 67.9 Å². The van der Waals surface area contributed by atoms with E-state index in [0.717, 1.165) is 32.5 Å². The van der Waals surface area contributed by atoms with Crippen molar-refractivity contribution in [1.82, 2.24) is 10.6 Å². The molecule has 0 saturated heterocycles. The highest BCUT2D eigenvalue weighted by molar-refractivity contribution is 6.42. The molecular formula is C20H23Cl2N3. The van der Waals surface area contributed by atoms with E-state index in [1.807, 2.05) is 18.2 Å². The van der Waals surface area contributed by atoms with E-state index in [2.05, 4.69) is 52.4 Å². The van der Waals surface area contributed by atoms with Gasteiger partial charge < -0.3 is 10.6 Å². The molecule has 2 aromatic carbocycles. The van der Waals surface area contributed by atoms with Gasteiger partial charge in [0, 0.05) is 5.69 Å². The Labute approximate surface area is 159 Å². The third-order valence-corrected chi connectivity index (χ3v) is 4.95. The zero-order valence-corrected chi connectivity index (χ0v) is 15.6. The third-order valence-electron chi connectivity index (χ3n) is 4.21. The van der Waals surface area contributed by atoms with Gasteiger partial charge in [-0.25, -0.2) is 0 Å². The summed E-state index contributed by atoms with van der Waals surface area (Å²) in [5.74, 6) is 0. The first kappa shape index (κ1) is 18.3. The van der Waals surface area contributed by atoms with Gasteiger partial charge in [-0.15, -0.1) is 0 Å². The molecule has 2 aromatic rings. The quantitative estimate of drug-likeness (QED) is 0.591. The summed E-state index contributed by atoms with van der Waals surface area (Å²) < 4.78 is 0. The molecule has 1 unspecified atom stereocenters. The molecule has 3 rings (SSSR count). The molecule has 1 heterocycles. The van der Waals surface area contributed by atoms with Gasteiger partial charge in [0.1, 0.15) is 0 Å². The highest BCUT2D eigenvalue weighted by atomic mass is 35.5. The number of hydrogen-bond donors (Lipinski definition) is 3. The fraction of sp³-hybridized carbons (Fsp3) is 0.300. The van der Waals surface area contributed by atoms with E-state index >= 15 is 0 Å². The average molecular weight is 376 g/mol.